The van der Waals surface area contributed by atoms with E-state index in [4.69, 9.17) is 18.9 Å². The van der Waals surface area contributed by atoms with E-state index in [1.54, 1.807) is 44.8 Å². The highest BCUT2D eigenvalue weighted by Gasteiger charge is 2.33. The first kappa shape index (κ1) is 29.3. The molecule has 42 heavy (non-hydrogen) atoms. The maximum absolute atomic E-state index is 13.9. The van der Waals surface area contributed by atoms with Gasteiger partial charge in [-0.2, -0.15) is 0 Å². The average Bonchev–Trinajstić information content (AvgIpc) is 3.29. The number of hydrogen-bond acceptors (Lipinski definition) is 8. The zero-order valence-corrected chi connectivity index (χ0v) is 26.0. The first-order chi connectivity index (χ1) is 20.3. The van der Waals surface area contributed by atoms with Crippen LogP contribution in [0.1, 0.15) is 36.6 Å². The molecule has 0 amide bonds. The van der Waals surface area contributed by atoms with Crippen LogP contribution in [0.25, 0.3) is 6.08 Å². The molecule has 8 nitrogen and oxygen atoms in total. The van der Waals surface area contributed by atoms with Crippen molar-refractivity contribution >= 4 is 39.3 Å². The number of hydrogen-bond donors (Lipinski definition) is 0. The van der Waals surface area contributed by atoms with Crippen molar-refractivity contribution in [2.75, 3.05) is 20.8 Å². The number of allylic oxidation sites excluding steroid dienone is 1. The predicted octanol–water partition coefficient (Wildman–Crippen LogP) is 5.16. The van der Waals surface area contributed by atoms with E-state index >= 15 is 0 Å². The van der Waals surface area contributed by atoms with Crippen molar-refractivity contribution in [3.05, 3.63) is 119 Å². The minimum absolute atomic E-state index is 0.200. The molecule has 3 aromatic carbocycles. The van der Waals surface area contributed by atoms with E-state index in [1.807, 2.05) is 60.7 Å². The first-order valence-corrected chi connectivity index (χ1v) is 14.8. The van der Waals surface area contributed by atoms with Gasteiger partial charge in [-0.05, 0) is 76.8 Å². The van der Waals surface area contributed by atoms with Gasteiger partial charge in [-0.3, -0.25) is 9.36 Å². The predicted molar refractivity (Wildman–Crippen MR) is 165 cm³/mol. The van der Waals surface area contributed by atoms with Crippen LogP contribution in [0.5, 0.6) is 17.2 Å². The van der Waals surface area contributed by atoms with E-state index in [-0.39, 0.29) is 12.2 Å². The highest BCUT2D eigenvalue weighted by atomic mass is 79.9. The van der Waals surface area contributed by atoms with Gasteiger partial charge in [-0.15, -0.1) is 0 Å². The monoisotopic (exact) mass is 648 g/mol. The Kier molecular flexibility index (Phi) is 8.94. The summed E-state index contributed by atoms with van der Waals surface area (Å²) in [5.41, 5.74) is 3.06. The standard InChI is InChI=1S/C32H29BrN2O6S/c1-5-40-31(37)28-19(2)34-32-35(29(28)22-12-14-24(38-3)23(33)17-22)30(36)27(42-32)16-21-11-13-25(26(15-21)39-4)41-18-20-9-7-6-8-10-20/h6-17,29H,5,18H2,1-4H3/b27-16+/t29-/m1/s1. The SMILES string of the molecule is CCOC(=O)C1=C(C)N=c2s/c(=C/c3ccc(OCc4ccccc4)c(OC)c3)c(=O)n2[C@@H]1c1ccc(OC)c(Br)c1. The Hall–Kier alpha value is -4.15. The number of aromatic nitrogens is 1. The molecule has 0 unspecified atom stereocenters. The quantitative estimate of drug-likeness (QED) is 0.233. The number of carbonyl (C=O) groups excluding carboxylic acids is 1. The van der Waals surface area contributed by atoms with Crippen molar-refractivity contribution in [3.8, 4) is 17.2 Å². The molecule has 0 radical (unpaired) electrons. The van der Waals surface area contributed by atoms with E-state index in [2.05, 4.69) is 20.9 Å². The Morgan fingerprint density at radius 1 is 1.02 bits per heavy atom. The zero-order chi connectivity index (χ0) is 29.8. The summed E-state index contributed by atoms with van der Waals surface area (Å²) in [6.45, 7) is 4.10. The van der Waals surface area contributed by atoms with Gasteiger partial charge in [-0.25, -0.2) is 9.79 Å². The lowest BCUT2D eigenvalue weighted by atomic mass is 9.96. The number of thiazole rings is 1. The van der Waals surface area contributed by atoms with Gasteiger partial charge in [0.15, 0.2) is 16.3 Å². The van der Waals surface area contributed by atoms with Gasteiger partial charge in [0.25, 0.3) is 5.56 Å². The van der Waals surface area contributed by atoms with Crippen LogP contribution in [0.3, 0.4) is 0 Å². The van der Waals surface area contributed by atoms with E-state index in [0.29, 0.717) is 54.5 Å². The number of fused-ring (bicyclic) bond motifs is 1. The van der Waals surface area contributed by atoms with Crippen molar-refractivity contribution in [1.29, 1.82) is 0 Å². The summed E-state index contributed by atoms with van der Waals surface area (Å²) in [5, 5.41) is 0. The molecule has 0 N–H and O–H groups in total. The van der Waals surface area contributed by atoms with Gasteiger partial charge in [0.2, 0.25) is 0 Å². The zero-order valence-electron chi connectivity index (χ0n) is 23.5. The molecule has 2 heterocycles. The molecule has 0 bridgehead atoms. The fraction of sp³-hybridized carbons (Fsp3) is 0.219. The van der Waals surface area contributed by atoms with Gasteiger partial charge in [0.1, 0.15) is 12.4 Å². The highest BCUT2D eigenvalue weighted by Crippen LogP contribution is 2.35. The van der Waals surface area contributed by atoms with Crippen LogP contribution in [0.15, 0.2) is 92.3 Å². The number of rotatable bonds is 9. The molecule has 1 aliphatic heterocycles. The fourth-order valence-corrected chi connectivity index (χ4v) is 6.34. The van der Waals surface area contributed by atoms with Gasteiger partial charge in [-0.1, -0.05) is 53.8 Å². The largest absolute Gasteiger partial charge is 0.496 e. The minimum Gasteiger partial charge on any atom is -0.496 e. The summed E-state index contributed by atoms with van der Waals surface area (Å²) in [5.74, 6) is 1.27. The second kappa shape index (κ2) is 12.8. The topological polar surface area (TPSA) is 88.4 Å². The lowest BCUT2D eigenvalue weighted by Gasteiger charge is -2.25. The highest BCUT2D eigenvalue weighted by molar-refractivity contribution is 9.10. The van der Waals surface area contributed by atoms with Crippen LogP contribution in [-0.4, -0.2) is 31.4 Å². The summed E-state index contributed by atoms with van der Waals surface area (Å²) >= 11 is 4.79. The lowest BCUT2D eigenvalue weighted by molar-refractivity contribution is -0.139. The smallest absolute Gasteiger partial charge is 0.338 e. The molecule has 0 saturated heterocycles. The Morgan fingerprint density at radius 2 is 1.76 bits per heavy atom. The van der Waals surface area contributed by atoms with Crippen LogP contribution in [0.4, 0.5) is 0 Å². The molecule has 1 aromatic heterocycles. The van der Waals surface area contributed by atoms with Crippen molar-refractivity contribution in [2.24, 2.45) is 4.99 Å². The molecule has 4 aromatic rings. The molecule has 0 saturated carbocycles. The average molecular weight is 650 g/mol. The van der Waals surface area contributed by atoms with Gasteiger partial charge >= 0.3 is 5.97 Å². The fourth-order valence-electron chi connectivity index (χ4n) is 4.74. The molecule has 1 aliphatic rings. The molecule has 5 rings (SSSR count). The number of carbonyl (C=O) groups is 1. The number of benzene rings is 3. The van der Waals surface area contributed by atoms with Crippen molar-refractivity contribution in [2.45, 2.75) is 26.5 Å². The maximum Gasteiger partial charge on any atom is 0.338 e. The summed E-state index contributed by atoms with van der Waals surface area (Å²) < 4.78 is 25.1. The normalized spacial score (nSPS) is 14.7. The van der Waals surface area contributed by atoms with Crippen LogP contribution in [0.2, 0.25) is 0 Å². The number of nitrogens with zero attached hydrogens (tertiary/aromatic N) is 2. The summed E-state index contributed by atoms with van der Waals surface area (Å²) in [6, 6.07) is 20.1. The Morgan fingerprint density at radius 3 is 2.45 bits per heavy atom. The van der Waals surface area contributed by atoms with Crippen LogP contribution in [0, 0.1) is 0 Å². The number of halogens is 1. The Balaban J connectivity index is 1.57. The molecular weight excluding hydrogens is 620 g/mol. The molecular formula is C32H29BrN2O6S. The third-order valence-electron chi connectivity index (χ3n) is 6.73. The minimum atomic E-state index is -0.729. The van der Waals surface area contributed by atoms with E-state index < -0.39 is 12.0 Å². The number of esters is 1. The van der Waals surface area contributed by atoms with Crippen molar-refractivity contribution in [3.63, 3.8) is 0 Å². The van der Waals surface area contributed by atoms with Gasteiger partial charge in [0, 0.05) is 0 Å². The number of ether oxygens (including phenoxy) is 4. The molecule has 1 atom stereocenters. The maximum atomic E-state index is 13.9. The van der Waals surface area contributed by atoms with E-state index in [0.717, 1.165) is 11.1 Å². The van der Waals surface area contributed by atoms with Crippen molar-refractivity contribution in [1.82, 2.24) is 4.57 Å². The molecule has 0 fully saturated rings. The molecule has 0 aliphatic carbocycles. The van der Waals surface area contributed by atoms with E-state index in [1.165, 1.54) is 11.3 Å². The van der Waals surface area contributed by atoms with Crippen LogP contribution < -0.4 is 29.1 Å². The molecule has 10 heteroatoms. The van der Waals surface area contributed by atoms with Crippen LogP contribution >= 0.6 is 27.3 Å². The second-order valence-electron chi connectivity index (χ2n) is 9.38. The van der Waals surface area contributed by atoms with Crippen molar-refractivity contribution < 1.29 is 23.7 Å². The Bertz CT molecular complexity index is 1840. The van der Waals surface area contributed by atoms with E-state index in [9.17, 15) is 9.59 Å². The first-order valence-electron chi connectivity index (χ1n) is 13.2. The summed E-state index contributed by atoms with van der Waals surface area (Å²) in [7, 11) is 3.16. The Labute approximate surface area is 255 Å². The second-order valence-corrected chi connectivity index (χ2v) is 11.2. The summed E-state index contributed by atoms with van der Waals surface area (Å²) in [6.07, 6.45) is 1.79. The third kappa shape index (κ3) is 5.91. The van der Waals surface area contributed by atoms with Gasteiger partial charge in [0.05, 0.1) is 47.1 Å². The third-order valence-corrected chi connectivity index (χ3v) is 8.33. The van der Waals surface area contributed by atoms with Crippen LogP contribution in [-0.2, 0) is 16.1 Å². The van der Waals surface area contributed by atoms with Gasteiger partial charge < -0.3 is 18.9 Å². The molecule has 216 valence electrons. The molecule has 0 spiro atoms. The summed E-state index contributed by atoms with van der Waals surface area (Å²) in [4.78, 5) is 32.2. The number of methoxy groups -OCH3 is 2. The lowest BCUT2D eigenvalue weighted by Crippen LogP contribution is -2.39.